The van der Waals surface area contributed by atoms with Crippen LogP contribution < -0.4 is 5.32 Å². The quantitative estimate of drug-likeness (QED) is 0.764. The van der Waals surface area contributed by atoms with E-state index in [4.69, 9.17) is 0 Å². The SMILES string of the molecule is O=C(CC1C=CCC1)Nc1cccnc1. The Hall–Kier alpha value is -1.64. The van der Waals surface area contributed by atoms with Crippen LogP contribution in [0.5, 0.6) is 0 Å². The normalized spacial score (nSPS) is 19.1. The summed E-state index contributed by atoms with van der Waals surface area (Å²) in [6, 6.07) is 3.65. The molecule has 15 heavy (non-hydrogen) atoms. The lowest BCUT2D eigenvalue weighted by Gasteiger charge is -2.07. The highest BCUT2D eigenvalue weighted by Crippen LogP contribution is 2.20. The van der Waals surface area contributed by atoms with E-state index < -0.39 is 0 Å². The first-order chi connectivity index (χ1) is 7.34. The van der Waals surface area contributed by atoms with E-state index in [1.165, 1.54) is 0 Å². The van der Waals surface area contributed by atoms with E-state index in [9.17, 15) is 4.79 Å². The fraction of sp³-hybridized carbons (Fsp3) is 0.333. The minimum atomic E-state index is 0.0690. The maximum Gasteiger partial charge on any atom is 0.225 e. The topological polar surface area (TPSA) is 42.0 Å². The van der Waals surface area contributed by atoms with Crippen molar-refractivity contribution < 1.29 is 4.79 Å². The van der Waals surface area contributed by atoms with Gasteiger partial charge in [0.25, 0.3) is 0 Å². The van der Waals surface area contributed by atoms with Crippen molar-refractivity contribution in [1.29, 1.82) is 0 Å². The molecule has 1 unspecified atom stereocenters. The van der Waals surface area contributed by atoms with Gasteiger partial charge in [-0.05, 0) is 30.9 Å². The van der Waals surface area contributed by atoms with E-state index in [1.54, 1.807) is 12.4 Å². The van der Waals surface area contributed by atoms with Crippen LogP contribution in [0.2, 0.25) is 0 Å². The van der Waals surface area contributed by atoms with Crippen molar-refractivity contribution >= 4 is 11.6 Å². The minimum absolute atomic E-state index is 0.0690. The maximum atomic E-state index is 11.6. The summed E-state index contributed by atoms with van der Waals surface area (Å²) in [6.45, 7) is 0. The summed E-state index contributed by atoms with van der Waals surface area (Å²) < 4.78 is 0. The number of amides is 1. The van der Waals surface area contributed by atoms with Gasteiger partial charge in [0.15, 0.2) is 0 Å². The predicted octanol–water partition coefficient (Wildman–Crippen LogP) is 2.38. The third-order valence-electron chi connectivity index (χ3n) is 2.51. The molecule has 0 aliphatic heterocycles. The van der Waals surface area contributed by atoms with Crippen LogP contribution in [-0.2, 0) is 4.79 Å². The van der Waals surface area contributed by atoms with Gasteiger partial charge in [0.2, 0.25) is 5.91 Å². The third-order valence-corrected chi connectivity index (χ3v) is 2.51. The monoisotopic (exact) mass is 202 g/mol. The first kappa shape index (κ1) is 9.90. The van der Waals surface area contributed by atoms with Crippen molar-refractivity contribution in [3.8, 4) is 0 Å². The average molecular weight is 202 g/mol. The molecule has 1 atom stereocenters. The number of aromatic nitrogens is 1. The number of carbonyl (C=O) groups excluding carboxylic acids is 1. The lowest BCUT2D eigenvalue weighted by Crippen LogP contribution is -2.14. The van der Waals surface area contributed by atoms with Gasteiger partial charge in [-0.1, -0.05) is 12.2 Å². The van der Waals surface area contributed by atoms with E-state index in [2.05, 4.69) is 22.5 Å². The second-order valence-corrected chi connectivity index (χ2v) is 3.76. The number of anilines is 1. The first-order valence-electron chi connectivity index (χ1n) is 5.21. The Kier molecular flexibility index (Phi) is 3.12. The van der Waals surface area contributed by atoms with E-state index in [0.717, 1.165) is 18.5 Å². The molecule has 1 heterocycles. The number of rotatable bonds is 3. The summed E-state index contributed by atoms with van der Waals surface area (Å²) in [5.74, 6) is 0.487. The van der Waals surface area contributed by atoms with Crippen molar-refractivity contribution in [2.75, 3.05) is 5.32 Å². The highest BCUT2D eigenvalue weighted by molar-refractivity contribution is 5.90. The molecule has 0 saturated carbocycles. The summed E-state index contributed by atoms with van der Waals surface area (Å²) in [6.07, 6.45) is 10.4. The van der Waals surface area contributed by atoms with Gasteiger partial charge >= 0.3 is 0 Å². The second kappa shape index (κ2) is 4.73. The lowest BCUT2D eigenvalue weighted by atomic mass is 10.1. The van der Waals surface area contributed by atoms with Crippen molar-refractivity contribution in [3.63, 3.8) is 0 Å². The Bertz CT molecular complexity index is 359. The van der Waals surface area contributed by atoms with Gasteiger partial charge in [0.05, 0.1) is 11.9 Å². The largest absolute Gasteiger partial charge is 0.325 e. The van der Waals surface area contributed by atoms with Gasteiger partial charge in [-0.15, -0.1) is 0 Å². The highest BCUT2D eigenvalue weighted by Gasteiger charge is 2.13. The Morgan fingerprint density at radius 2 is 2.53 bits per heavy atom. The Balaban J connectivity index is 1.84. The first-order valence-corrected chi connectivity index (χ1v) is 5.21. The number of hydrogen-bond acceptors (Lipinski definition) is 2. The van der Waals surface area contributed by atoms with Crippen molar-refractivity contribution in [3.05, 3.63) is 36.7 Å². The van der Waals surface area contributed by atoms with Crippen molar-refractivity contribution in [2.45, 2.75) is 19.3 Å². The van der Waals surface area contributed by atoms with Crippen molar-refractivity contribution in [1.82, 2.24) is 4.98 Å². The van der Waals surface area contributed by atoms with Gasteiger partial charge in [-0.3, -0.25) is 9.78 Å². The maximum absolute atomic E-state index is 11.6. The lowest BCUT2D eigenvalue weighted by molar-refractivity contribution is -0.116. The molecule has 1 aliphatic rings. The molecule has 0 bridgehead atoms. The van der Waals surface area contributed by atoms with Crippen LogP contribution in [0.3, 0.4) is 0 Å². The molecule has 0 fully saturated rings. The van der Waals surface area contributed by atoms with Gasteiger partial charge in [0.1, 0.15) is 0 Å². The van der Waals surface area contributed by atoms with Crippen LogP contribution in [0.25, 0.3) is 0 Å². The zero-order chi connectivity index (χ0) is 10.5. The van der Waals surface area contributed by atoms with E-state index >= 15 is 0 Å². The molecular formula is C12H14N2O. The van der Waals surface area contributed by atoms with Crippen LogP contribution >= 0.6 is 0 Å². The minimum Gasteiger partial charge on any atom is -0.325 e. The van der Waals surface area contributed by atoms with E-state index in [1.807, 2.05) is 12.1 Å². The standard InChI is InChI=1S/C12H14N2O/c15-12(8-10-4-1-2-5-10)14-11-6-3-7-13-9-11/h1,3-4,6-7,9-10H,2,5,8H2,(H,14,15). The molecule has 1 amide bonds. The molecule has 0 aromatic carbocycles. The Morgan fingerprint density at radius 1 is 1.60 bits per heavy atom. The number of pyridine rings is 1. The molecular weight excluding hydrogens is 188 g/mol. The molecule has 0 radical (unpaired) electrons. The van der Waals surface area contributed by atoms with E-state index in [0.29, 0.717) is 12.3 Å². The van der Waals surface area contributed by atoms with Crippen LogP contribution in [0.1, 0.15) is 19.3 Å². The summed E-state index contributed by atoms with van der Waals surface area (Å²) in [7, 11) is 0. The summed E-state index contributed by atoms with van der Waals surface area (Å²) >= 11 is 0. The molecule has 78 valence electrons. The fourth-order valence-corrected chi connectivity index (χ4v) is 1.75. The fourth-order valence-electron chi connectivity index (χ4n) is 1.75. The van der Waals surface area contributed by atoms with Gasteiger partial charge in [-0.2, -0.15) is 0 Å². The van der Waals surface area contributed by atoms with Gasteiger partial charge < -0.3 is 5.32 Å². The van der Waals surface area contributed by atoms with Crippen LogP contribution in [-0.4, -0.2) is 10.9 Å². The molecule has 1 aliphatic carbocycles. The number of nitrogens with zero attached hydrogens (tertiary/aromatic N) is 1. The smallest absolute Gasteiger partial charge is 0.225 e. The predicted molar refractivity (Wildman–Crippen MR) is 59.3 cm³/mol. The molecule has 1 aromatic heterocycles. The number of hydrogen-bond donors (Lipinski definition) is 1. The Labute approximate surface area is 89.2 Å². The van der Waals surface area contributed by atoms with Crippen LogP contribution in [0.4, 0.5) is 5.69 Å². The number of nitrogens with one attached hydrogen (secondary N) is 1. The highest BCUT2D eigenvalue weighted by atomic mass is 16.1. The molecule has 3 nitrogen and oxygen atoms in total. The molecule has 0 spiro atoms. The molecule has 1 N–H and O–H groups in total. The molecule has 1 aromatic rings. The summed E-state index contributed by atoms with van der Waals surface area (Å²) in [5, 5.41) is 2.83. The van der Waals surface area contributed by atoms with E-state index in [-0.39, 0.29) is 5.91 Å². The van der Waals surface area contributed by atoms with Crippen molar-refractivity contribution in [2.24, 2.45) is 5.92 Å². The zero-order valence-electron chi connectivity index (χ0n) is 8.52. The average Bonchev–Trinajstić information content (AvgIpc) is 2.71. The van der Waals surface area contributed by atoms with Crippen LogP contribution in [0, 0.1) is 5.92 Å². The molecule has 0 saturated heterocycles. The number of allylic oxidation sites excluding steroid dienone is 2. The molecule has 3 heteroatoms. The van der Waals surface area contributed by atoms with Crippen LogP contribution in [0.15, 0.2) is 36.7 Å². The summed E-state index contributed by atoms with van der Waals surface area (Å²) in [5.41, 5.74) is 0.768. The molecule has 2 rings (SSSR count). The van der Waals surface area contributed by atoms with Gasteiger partial charge in [-0.25, -0.2) is 0 Å². The Morgan fingerprint density at radius 3 is 3.20 bits per heavy atom. The zero-order valence-corrected chi connectivity index (χ0v) is 8.52. The third kappa shape index (κ3) is 2.91. The van der Waals surface area contributed by atoms with Gasteiger partial charge in [0, 0.05) is 12.6 Å². The number of carbonyl (C=O) groups is 1. The summed E-state index contributed by atoms with van der Waals surface area (Å²) in [4.78, 5) is 15.5. The second-order valence-electron chi connectivity index (χ2n) is 3.76.